The first kappa shape index (κ1) is 18.2. The quantitative estimate of drug-likeness (QED) is 0.660. The summed E-state index contributed by atoms with van der Waals surface area (Å²) in [6.07, 6.45) is 1.02. The van der Waals surface area contributed by atoms with Gasteiger partial charge in [-0.2, -0.15) is 0 Å². The predicted molar refractivity (Wildman–Crippen MR) is 105 cm³/mol. The molecule has 0 atom stereocenters. The molecule has 0 aliphatic heterocycles. The van der Waals surface area contributed by atoms with Gasteiger partial charge in [-0.15, -0.1) is 0 Å². The highest BCUT2D eigenvalue weighted by molar-refractivity contribution is 7.13. The van der Waals surface area contributed by atoms with E-state index in [9.17, 15) is 9.59 Å². The minimum absolute atomic E-state index is 0.0227. The Labute approximate surface area is 156 Å². The van der Waals surface area contributed by atoms with Crippen molar-refractivity contribution in [3.8, 4) is 5.75 Å². The van der Waals surface area contributed by atoms with Gasteiger partial charge in [-0.05, 0) is 31.5 Å². The van der Waals surface area contributed by atoms with Crippen LogP contribution in [0.3, 0.4) is 0 Å². The zero-order valence-electron chi connectivity index (χ0n) is 14.7. The lowest BCUT2D eigenvalue weighted by Gasteiger charge is -2.11. The lowest BCUT2D eigenvalue weighted by molar-refractivity contribution is -0.121. The topological polar surface area (TPSA) is 60.3 Å². The number of aromatic nitrogens is 1. The number of carbonyl (C=O) groups is 1. The van der Waals surface area contributed by atoms with Crippen molar-refractivity contribution in [3.63, 3.8) is 0 Å². The number of carbonyl (C=O) groups excluding carboxylic acids is 1. The maximum absolute atomic E-state index is 12.3. The summed E-state index contributed by atoms with van der Waals surface area (Å²) in [5, 5.41) is 3.67. The summed E-state index contributed by atoms with van der Waals surface area (Å²) in [5.74, 6) is 0.776. The normalized spacial score (nSPS) is 10.8. The molecule has 1 heterocycles. The van der Waals surface area contributed by atoms with Crippen LogP contribution in [-0.4, -0.2) is 16.5 Å². The number of hydrogen-bond donors (Lipinski definition) is 1. The summed E-state index contributed by atoms with van der Waals surface area (Å²) >= 11 is 1.45. The van der Waals surface area contributed by atoms with Gasteiger partial charge >= 0.3 is 0 Å². The van der Waals surface area contributed by atoms with E-state index in [-0.39, 0.29) is 11.5 Å². The Balaban J connectivity index is 1.50. The highest BCUT2D eigenvalue weighted by atomic mass is 32.1. The van der Waals surface area contributed by atoms with Crippen LogP contribution in [0, 0.1) is 0 Å². The van der Waals surface area contributed by atoms with Crippen LogP contribution in [0.15, 0.2) is 53.3 Å². The fraction of sp³-hybridized carbons (Fsp3) is 0.300. The molecule has 0 bridgehead atoms. The molecule has 5 nitrogen and oxygen atoms in total. The number of hydrogen-bond acceptors (Lipinski definition) is 4. The number of ether oxygens (including phenoxy) is 1. The summed E-state index contributed by atoms with van der Waals surface area (Å²) in [6, 6.07) is 15.3. The molecule has 26 heavy (non-hydrogen) atoms. The lowest BCUT2D eigenvalue weighted by Crippen LogP contribution is -2.23. The number of benzene rings is 2. The fourth-order valence-electron chi connectivity index (χ4n) is 2.78. The van der Waals surface area contributed by atoms with E-state index in [0.29, 0.717) is 32.5 Å². The fourth-order valence-corrected chi connectivity index (χ4v) is 3.81. The van der Waals surface area contributed by atoms with Gasteiger partial charge in [0.2, 0.25) is 5.91 Å². The van der Waals surface area contributed by atoms with E-state index in [4.69, 9.17) is 4.74 Å². The van der Waals surface area contributed by atoms with Crippen molar-refractivity contribution in [2.75, 3.05) is 6.61 Å². The largest absolute Gasteiger partial charge is 0.494 e. The number of fused-ring (bicyclic) bond motifs is 1. The Morgan fingerprint density at radius 2 is 1.92 bits per heavy atom. The van der Waals surface area contributed by atoms with Crippen LogP contribution >= 0.6 is 11.5 Å². The van der Waals surface area contributed by atoms with Crippen LogP contribution in [0.5, 0.6) is 5.75 Å². The summed E-state index contributed by atoms with van der Waals surface area (Å²) in [4.78, 5) is 24.4. The molecule has 0 aliphatic carbocycles. The van der Waals surface area contributed by atoms with E-state index in [1.54, 1.807) is 3.96 Å². The lowest BCUT2D eigenvalue weighted by atomic mass is 10.2. The van der Waals surface area contributed by atoms with Crippen molar-refractivity contribution >= 4 is 27.5 Å². The second-order valence-corrected chi connectivity index (χ2v) is 6.98. The van der Waals surface area contributed by atoms with Crippen LogP contribution in [0.1, 0.15) is 25.3 Å². The van der Waals surface area contributed by atoms with Crippen LogP contribution in [0.2, 0.25) is 0 Å². The van der Waals surface area contributed by atoms with Gasteiger partial charge in [-0.25, -0.2) is 0 Å². The molecule has 3 rings (SSSR count). The number of aryl methyl sites for hydroxylation is 1. The molecule has 0 saturated carbocycles. The maximum Gasteiger partial charge on any atom is 0.268 e. The Morgan fingerprint density at radius 3 is 2.73 bits per heavy atom. The van der Waals surface area contributed by atoms with E-state index in [2.05, 4.69) is 5.32 Å². The molecule has 1 N–H and O–H groups in total. The molecule has 0 aliphatic rings. The zero-order valence-corrected chi connectivity index (χ0v) is 15.6. The second kappa shape index (κ2) is 8.67. The van der Waals surface area contributed by atoms with Crippen molar-refractivity contribution in [1.29, 1.82) is 0 Å². The second-order valence-electron chi connectivity index (χ2n) is 5.92. The molecular formula is C20H22N2O3S. The minimum Gasteiger partial charge on any atom is -0.494 e. The minimum atomic E-state index is -0.0227. The Bertz CT molecular complexity index is 945. The Kier molecular flexibility index (Phi) is 6.07. The highest BCUT2D eigenvalue weighted by Gasteiger charge is 2.08. The molecular weight excluding hydrogens is 348 g/mol. The molecule has 0 spiro atoms. The molecule has 1 amide bonds. The monoisotopic (exact) mass is 370 g/mol. The molecule has 3 aromatic rings. The first-order chi connectivity index (χ1) is 12.7. The summed E-state index contributed by atoms with van der Waals surface area (Å²) in [6.45, 7) is 3.53. The van der Waals surface area contributed by atoms with Gasteiger partial charge in [0, 0.05) is 25.1 Å². The predicted octanol–water partition coefficient (Wildman–Crippen LogP) is 3.56. The van der Waals surface area contributed by atoms with E-state index < -0.39 is 0 Å². The van der Waals surface area contributed by atoms with Crippen LogP contribution in [-0.2, 0) is 17.9 Å². The van der Waals surface area contributed by atoms with Crippen molar-refractivity contribution in [2.45, 2.75) is 32.9 Å². The number of para-hydroxylation sites is 1. The van der Waals surface area contributed by atoms with Gasteiger partial charge in [0.15, 0.2) is 0 Å². The van der Waals surface area contributed by atoms with Crippen LogP contribution in [0.4, 0.5) is 0 Å². The van der Waals surface area contributed by atoms with Gasteiger partial charge in [-0.3, -0.25) is 13.5 Å². The standard InChI is InChI=1S/C20H22N2O3S/c1-2-25-17-10-5-3-8-15(17)14-21-19(23)12-7-13-22-20(24)16-9-4-6-11-18(16)26-22/h3-6,8-11H,2,7,12-14H2,1H3,(H,21,23). The zero-order chi connectivity index (χ0) is 18.4. The average Bonchev–Trinajstić information content (AvgIpc) is 2.97. The number of amides is 1. The van der Waals surface area contributed by atoms with Crippen molar-refractivity contribution in [1.82, 2.24) is 9.27 Å². The highest BCUT2D eigenvalue weighted by Crippen LogP contribution is 2.18. The maximum atomic E-state index is 12.3. The Hall–Kier alpha value is -2.60. The molecule has 1 aromatic heterocycles. The van der Waals surface area contributed by atoms with E-state index in [1.807, 2.05) is 55.5 Å². The van der Waals surface area contributed by atoms with E-state index in [0.717, 1.165) is 21.4 Å². The van der Waals surface area contributed by atoms with Crippen molar-refractivity contribution in [3.05, 3.63) is 64.4 Å². The molecule has 0 unspecified atom stereocenters. The summed E-state index contributed by atoms with van der Waals surface area (Å²) in [7, 11) is 0. The molecule has 6 heteroatoms. The number of nitrogens with zero attached hydrogens (tertiary/aromatic N) is 1. The molecule has 0 fully saturated rings. The van der Waals surface area contributed by atoms with Gasteiger partial charge in [-0.1, -0.05) is 41.9 Å². The third-order valence-corrected chi connectivity index (χ3v) is 5.19. The van der Waals surface area contributed by atoms with Crippen molar-refractivity contribution in [2.24, 2.45) is 0 Å². The number of nitrogens with one attached hydrogen (secondary N) is 1. The SMILES string of the molecule is CCOc1ccccc1CNC(=O)CCCn1sc2ccccc2c1=O. The van der Waals surface area contributed by atoms with Gasteiger partial charge in [0.1, 0.15) is 5.75 Å². The number of rotatable bonds is 8. The van der Waals surface area contributed by atoms with Gasteiger partial charge in [0.25, 0.3) is 5.56 Å². The van der Waals surface area contributed by atoms with Gasteiger partial charge < -0.3 is 10.1 Å². The van der Waals surface area contributed by atoms with E-state index >= 15 is 0 Å². The third-order valence-electron chi connectivity index (χ3n) is 4.07. The molecule has 2 aromatic carbocycles. The van der Waals surface area contributed by atoms with Gasteiger partial charge in [0.05, 0.1) is 16.7 Å². The van der Waals surface area contributed by atoms with Crippen LogP contribution < -0.4 is 15.6 Å². The average molecular weight is 370 g/mol. The smallest absolute Gasteiger partial charge is 0.268 e. The molecule has 0 saturated heterocycles. The first-order valence-corrected chi connectivity index (χ1v) is 9.52. The van der Waals surface area contributed by atoms with Crippen LogP contribution in [0.25, 0.3) is 10.1 Å². The molecule has 136 valence electrons. The third kappa shape index (κ3) is 4.32. The van der Waals surface area contributed by atoms with Crippen molar-refractivity contribution < 1.29 is 9.53 Å². The Morgan fingerprint density at radius 1 is 1.15 bits per heavy atom. The molecule has 0 radical (unpaired) electrons. The van der Waals surface area contributed by atoms with E-state index in [1.165, 1.54) is 11.5 Å². The first-order valence-electron chi connectivity index (χ1n) is 8.75. The summed E-state index contributed by atoms with van der Waals surface area (Å²) < 4.78 is 8.27. The summed E-state index contributed by atoms with van der Waals surface area (Å²) in [5.41, 5.74) is 0.986.